The van der Waals surface area contributed by atoms with Crippen LogP contribution < -0.4 is 5.73 Å². The lowest BCUT2D eigenvalue weighted by atomic mass is 10.0. The standard InChI is InChI=1S/C15H20N2O2/c1-4-8-13(5-2)11-14(6-3)9-7-10-19-12-15(16)17-18/h4-10,18H,1-3,11-12H2,(H2,16,17)/b10-7+,13-8+,14-9+. The lowest BCUT2D eigenvalue weighted by Crippen LogP contribution is -2.17. The third-order valence-electron chi connectivity index (χ3n) is 2.11. The predicted molar refractivity (Wildman–Crippen MR) is 79.9 cm³/mol. The zero-order valence-corrected chi connectivity index (χ0v) is 11.0. The number of allylic oxidation sites excluding steroid dienone is 8. The second-order valence-corrected chi connectivity index (χ2v) is 3.53. The molecule has 4 nitrogen and oxygen atoms in total. The van der Waals surface area contributed by atoms with E-state index in [1.807, 2.05) is 12.2 Å². The van der Waals surface area contributed by atoms with Crippen molar-refractivity contribution in [2.24, 2.45) is 10.9 Å². The monoisotopic (exact) mass is 260 g/mol. The van der Waals surface area contributed by atoms with Gasteiger partial charge in [-0.15, -0.1) is 0 Å². The van der Waals surface area contributed by atoms with E-state index in [1.165, 1.54) is 6.26 Å². The van der Waals surface area contributed by atoms with Crippen LogP contribution in [-0.2, 0) is 4.74 Å². The van der Waals surface area contributed by atoms with Gasteiger partial charge in [0.2, 0.25) is 0 Å². The fourth-order valence-electron chi connectivity index (χ4n) is 1.17. The van der Waals surface area contributed by atoms with Crippen LogP contribution in [0.25, 0.3) is 0 Å². The molecule has 4 heteroatoms. The molecule has 0 aromatic rings. The molecule has 0 rings (SSSR count). The number of hydrogen-bond donors (Lipinski definition) is 2. The molecule has 0 heterocycles. The summed E-state index contributed by atoms with van der Waals surface area (Å²) in [7, 11) is 0. The van der Waals surface area contributed by atoms with E-state index in [0.29, 0.717) is 6.42 Å². The van der Waals surface area contributed by atoms with Crippen LogP contribution in [-0.4, -0.2) is 17.6 Å². The normalized spacial score (nSPS) is 13.4. The summed E-state index contributed by atoms with van der Waals surface area (Å²) in [5.74, 6) is 0.0143. The Hall–Kier alpha value is -2.49. The van der Waals surface area contributed by atoms with Crippen LogP contribution in [0.2, 0.25) is 0 Å². The highest BCUT2D eigenvalue weighted by Crippen LogP contribution is 2.13. The smallest absolute Gasteiger partial charge is 0.177 e. The lowest BCUT2D eigenvalue weighted by molar-refractivity contribution is 0.280. The molecule has 0 aliphatic heterocycles. The Morgan fingerprint density at radius 1 is 1.16 bits per heavy atom. The fraction of sp³-hybridized carbons (Fsp3) is 0.133. The topological polar surface area (TPSA) is 67.8 Å². The molecular weight excluding hydrogens is 240 g/mol. The van der Waals surface area contributed by atoms with Gasteiger partial charge in [0.15, 0.2) is 5.84 Å². The maximum absolute atomic E-state index is 8.30. The molecular formula is C15H20N2O2. The molecule has 0 aliphatic rings. The van der Waals surface area contributed by atoms with Crippen LogP contribution in [0.4, 0.5) is 0 Å². The van der Waals surface area contributed by atoms with Gasteiger partial charge in [0.1, 0.15) is 6.61 Å². The molecule has 0 aromatic carbocycles. The number of hydrogen-bond acceptors (Lipinski definition) is 3. The van der Waals surface area contributed by atoms with Gasteiger partial charge >= 0.3 is 0 Å². The van der Waals surface area contributed by atoms with E-state index in [0.717, 1.165) is 11.1 Å². The Kier molecular flexibility index (Phi) is 9.25. The molecule has 0 saturated heterocycles. The summed E-state index contributed by atoms with van der Waals surface area (Å²) in [6.45, 7) is 11.2. The largest absolute Gasteiger partial charge is 0.493 e. The molecule has 102 valence electrons. The van der Waals surface area contributed by atoms with E-state index in [4.69, 9.17) is 15.7 Å². The van der Waals surface area contributed by atoms with E-state index in [2.05, 4.69) is 24.9 Å². The number of ether oxygens (including phenoxy) is 1. The van der Waals surface area contributed by atoms with Crippen molar-refractivity contribution >= 4 is 5.84 Å². The summed E-state index contributed by atoms with van der Waals surface area (Å²) >= 11 is 0. The first kappa shape index (κ1) is 16.5. The van der Waals surface area contributed by atoms with Crippen molar-refractivity contribution < 1.29 is 9.94 Å². The van der Waals surface area contributed by atoms with Gasteiger partial charge in [-0.25, -0.2) is 0 Å². The molecule has 0 amide bonds. The van der Waals surface area contributed by atoms with Crippen molar-refractivity contribution in [2.75, 3.05) is 6.61 Å². The van der Waals surface area contributed by atoms with Crippen molar-refractivity contribution in [2.45, 2.75) is 6.42 Å². The second kappa shape index (κ2) is 10.7. The van der Waals surface area contributed by atoms with E-state index >= 15 is 0 Å². The van der Waals surface area contributed by atoms with Crippen LogP contribution >= 0.6 is 0 Å². The van der Waals surface area contributed by atoms with E-state index in [9.17, 15) is 0 Å². The minimum absolute atomic E-state index is 0.0143. The number of amidine groups is 1. The Bertz CT molecular complexity index is 429. The third-order valence-corrected chi connectivity index (χ3v) is 2.11. The quantitative estimate of drug-likeness (QED) is 0.167. The highest BCUT2D eigenvalue weighted by atomic mass is 16.5. The molecule has 0 bridgehead atoms. The molecule has 0 spiro atoms. The number of nitrogens with zero attached hydrogens (tertiary/aromatic N) is 1. The summed E-state index contributed by atoms with van der Waals surface area (Å²) in [5.41, 5.74) is 7.30. The van der Waals surface area contributed by atoms with Crippen LogP contribution in [0, 0.1) is 0 Å². The van der Waals surface area contributed by atoms with Crippen molar-refractivity contribution in [1.29, 1.82) is 0 Å². The zero-order chi connectivity index (χ0) is 14.5. The van der Waals surface area contributed by atoms with E-state index in [-0.39, 0.29) is 12.4 Å². The van der Waals surface area contributed by atoms with Crippen molar-refractivity contribution in [3.05, 3.63) is 73.6 Å². The molecule has 0 aliphatic carbocycles. The molecule has 0 fully saturated rings. The first-order valence-electron chi connectivity index (χ1n) is 5.68. The highest BCUT2D eigenvalue weighted by molar-refractivity contribution is 5.80. The highest BCUT2D eigenvalue weighted by Gasteiger charge is 1.94. The molecule has 0 atom stereocenters. The zero-order valence-electron chi connectivity index (χ0n) is 11.0. The van der Waals surface area contributed by atoms with Crippen LogP contribution in [0.5, 0.6) is 0 Å². The third kappa shape index (κ3) is 8.26. The molecule has 0 radical (unpaired) electrons. The summed E-state index contributed by atoms with van der Waals surface area (Å²) in [4.78, 5) is 0. The van der Waals surface area contributed by atoms with Gasteiger partial charge in [-0.3, -0.25) is 0 Å². The first-order chi connectivity index (χ1) is 9.17. The summed E-state index contributed by atoms with van der Waals surface area (Å²) in [6, 6.07) is 0. The summed E-state index contributed by atoms with van der Waals surface area (Å²) in [6.07, 6.45) is 12.9. The van der Waals surface area contributed by atoms with Gasteiger partial charge in [-0.2, -0.15) is 0 Å². The summed E-state index contributed by atoms with van der Waals surface area (Å²) < 4.78 is 5.03. The SMILES string of the molecule is C=C/C=C(\C=C)C/C(C=C)=C/C=C/OC/C(N)=N/O. The van der Waals surface area contributed by atoms with Gasteiger partial charge < -0.3 is 15.7 Å². The van der Waals surface area contributed by atoms with Gasteiger partial charge in [0, 0.05) is 0 Å². The molecule has 0 unspecified atom stereocenters. The predicted octanol–water partition coefficient (Wildman–Crippen LogP) is 3.06. The molecule has 19 heavy (non-hydrogen) atoms. The lowest BCUT2D eigenvalue weighted by Gasteiger charge is -2.02. The minimum atomic E-state index is 0.0143. The van der Waals surface area contributed by atoms with Crippen LogP contribution in [0.3, 0.4) is 0 Å². The van der Waals surface area contributed by atoms with Crippen molar-refractivity contribution in [1.82, 2.24) is 0 Å². The average molecular weight is 260 g/mol. The Labute approximate surface area is 114 Å². The van der Waals surface area contributed by atoms with Gasteiger partial charge in [0.25, 0.3) is 0 Å². The van der Waals surface area contributed by atoms with Gasteiger partial charge in [-0.1, -0.05) is 55.3 Å². The molecule has 0 aromatic heterocycles. The summed E-state index contributed by atoms with van der Waals surface area (Å²) in [5, 5.41) is 11.1. The van der Waals surface area contributed by atoms with Crippen molar-refractivity contribution in [3.63, 3.8) is 0 Å². The molecule has 0 saturated carbocycles. The van der Waals surface area contributed by atoms with E-state index in [1.54, 1.807) is 24.3 Å². The number of nitrogens with two attached hydrogens (primary N) is 1. The maximum atomic E-state index is 8.30. The van der Waals surface area contributed by atoms with Crippen molar-refractivity contribution in [3.8, 4) is 0 Å². The Balaban J connectivity index is 4.44. The average Bonchev–Trinajstić information content (AvgIpc) is 2.44. The number of rotatable bonds is 9. The molecule has 3 N–H and O–H groups in total. The number of oxime groups is 1. The van der Waals surface area contributed by atoms with Crippen LogP contribution in [0.15, 0.2) is 78.8 Å². The first-order valence-corrected chi connectivity index (χ1v) is 5.68. The fourth-order valence-corrected chi connectivity index (χ4v) is 1.17. The maximum Gasteiger partial charge on any atom is 0.177 e. The second-order valence-electron chi connectivity index (χ2n) is 3.53. The van der Waals surface area contributed by atoms with E-state index < -0.39 is 0 Å². The van der Waals surface area contributed by atoms with Gasteiger partial charge in [-0.05, 0) is 23.6 Å². The van der Waals surface area contributed by atoms with Crippen LogP contribution in [0.1, 0.15) is 6.42 Å². The Morgan fingerprint density at radius 2 is 1.79 bits per heavy atom. The Morgan fingerprint density at radius 3 is 2.32 bits per heavy atom. The minimum Gasteiger partial charge on any atom is -0.493 e. The van der Waals surface area contributed by atoms with Gasteiger partial charge in [0.05, 0.1) is 6.26 Å².